The molecule has 3 aromatic heterocycles. The third kappa shape index (κ3) is 2.79. The molecule has 0 saturated carbocycles. The summed E-state index contributed by atoms with van der Waals surface area (Å²) in [5.74, 6) is -0.0672. The van der Waals surface area contributed by atoms with E-state index >= 15 is 0 Å². The highest BCUT2D eigenvalue weighted by Gasteiger charge is 2.11. The monoisotopic (exact) mass is 316 g/mol. The maximum absolute atomic E-state index is 12.3. The second kappa shape index (κ2) is 6.04. The van der Waals surface area contributed by atoms with Crippen LogP contribution in [-0.4, -0.2) is 19.9 Å². The first-order chi connectivity index (χ1) is 11.8. The third-order valence-electron chi connectivity index (χ3n) is 3.83. The largest absolute Gasteiger partial charge is 0.345 e. The van der Waals surface area contributed by atoms with E-state index in [0.717, 1.165) is 22.6 Å². The van der Waals surface area contributed by atoms with Gasteiger partial charge in [-0.05, 0) is 30.3 Å². The molecule has 3 heterocycles. The molecule has 1 aromatic carbocycles. The Bertz CT molecular complexity index is 952. The molecule has 0 bridgehead atoms. The number of carbonyl (C=O) groups excluding carboxylic acids is 1. The van der Waals surface area contributed by atoms with Gasteiger partial charge in [-0.25, -0.2) is 4.98 Å². The fraction of sp³-hybridized carbons (Fsp3) is 0.0526. The van der Waals surface area contributed by atoms with E-state index < -0.39 is 0 Å². The first-order valence-corrected chi connectivity index (χ1v) is 7.73. The first-order valence-electron chi connectivity index (χ1n) is 7.73. The molecule has 118 valence electrons. The van der Waals surface area contributed by atoms with E-state index in [1.165, 1.54) is 0 Å². The maximum atomic E-state index is 12.3. The highest BCUT2D eigenvalue weighted by Crippen LogP contribution is 2.27. The van der Waals surface area contributed by atoms with Gasteiger partial charge in [-0.1, -0.05) is 24.3 Å². The number of nitrogens with one attached hydrogen (secondary N) is 1. The molecule has 0 aliphatic rings. The molecular formula is C19H16N4O. The lowest BCUT2D eigenvalue weighted by Gasteiger charge is -2.10. The highest BCUT2D eigenvalue weighted by molar-refractivity contribution is 5.95. The molecule has 0 fully saturated rings. The summed E-state index contributed by atoms with van der Waals surface area (Å²) in [5, 5.41) is 2.98. The predicted octanol–water partition coefficient (Wildman–Crippen LogP) is 3.44. The van der Waals surface area contributed by atoms with Gasteiger partial charge in [0, 0.05) is 30.4 Å². The average molecular weight is 316 g/mol. The summed E-state index contributed by atoms with van der Waals surface area (Å²) < 4.78 is 3.80. The summed E-state index contributed by atoms with van der Waals surface area (Å²) >= 11 is 0. The number of amides is 1. The lowest BCUT2D eigenvalue weighted by Crippen LogP contribution is -2.18. The minimum atomic E-state index is -0.0672. The summed E-state index contributed by atoms with van der Waals surface area (Å²) in [6, 6.07) is 17.4. The number of imidazole rings is 1. The van der Waals surface area contributed by atoms with Crippen LogP contribution in [0.3, 0.4) is 0 Å². The summed E-state index contributed by atoms with van der Waals surface area (Å²) in [5.41, 5.74) is 3.37. The molecule has 1 amide bonds. The van der Waals surface area contributed by atoms with Crippen molar-refractivity contribution in [2.45, 2.75) is 6.54 Å². The van der Waals surface area contributed by atoms with Crippen molar-refractivity contribution in [3.8, 4) is 11.3 Å². The fourth-order valence-corrected chi connectivity index (χ4v) is 2.71. The average Bonchev–Trinajstić information content (AvgIpc) is 3.24. The Labute approximate surface area is 139 Å². The lowest BCUT2D eigenvalue weighted by molar-refractivity contribution is -0.116. The van der Waals surface area contributed by atoms with Crippen molar-refractivity contribution < 1.29 is 4.79 Å². The number of para-hydroxylation sites is 1. The van der Waals surface area contributed by atoms with Gasteiger partial charge in [0.05, 0.1) is 11.4 Å². The molecule has 0 radical (unpaired) electrons. The van der Waals surface area contributed by atoms with Crippen LogP contribution < -0.4 is 5.32 Å². The van der Waals surface area contributed by atoms with E-state index in [4.69, 9.17) is 0 Å². The van der Waals surface area contributed by atoms with Crippen molar-refractivity contribution in [1.29, 1.82) is 0 Å². The summed E-state index contributed by atoms with van der Waals surface area (Å²) in [6.07, 6.45) is 7.66. The highest BCUT2D eigenvalue weighted by atomic mass is 16.1. The van der Waals surface area contributed by atoms with Crippen LogP contribution >= 0.6 is 0 Å². The van der Waals surface area contributed by atoms with E-state index in [1.807, 2.05) is 88.4 Å². The molecule has 24 heavy (non-hydrogen) atoms. The van der Waals surface area contributed by atoms with Crippen molar-refractivity contribution in [2.24, 2.45) is 0 Å². The van der Waals surface area contributed by atoms with Crippen LogP contribution in [0.5, 0.6) is 0 Å². The fourth-order valence-electron chi connectivity index (χ4n) is 2.71. The van der Waals surface area contributed by atoms with Gasteiger partial charge in [0.1, 0.15) is 12.2 Å². The number of hydrogen-bond acceptors (Lipinski definition) is 2. The number of carbonyl (C=O) groups is 1. The van der Waals surface area contributed by atoms with Gasteiger partial charge in [0.2, 0.25) is 5.91 Å². The van der Waals surface area contributed by atoms with Crippen LogP contribution in [0, 0.1) is 0 Å². The Morgan fingerprint density at radius 3 is 2.54 bits per heavy atom. The molecule has 0 unspecified atom stereocenters. The normalized spacial score (nSPS) is 10.8. The van der Waals surface area contributed by atoms with Crippen molar-refractivity contribution in [3.05, 3.63) is 79.4 Å². The number of anilines is 1. The van der Waals surface area contributed by atoms with Crippen molar-refractivity contribution >= 4 is 17.2 Å². The van der Waals surface area contributed by atoms with Crippen LogP contribution in [0.1, 0.15) is 0 Å². The van der Waals surface area contributed by atoms with Crippen molar-refractivity contribution in [3.63, 3.8) is 0 Å². The van der Waals surface area contributed by atoms with Gasteiger partial charge < -0.3 is 14.3 Å². The van der Waals surface area contributed by atoms with Crippen LogP contribution in [0.4, 0.5) is 5.69 Å². The molecule has 1 N–H and O–H groups in total. The number of benzene rings is 1. The van der Waals surface area contributed by atoms with Crippen molar-refractivity contribution in [1.82, 2.24) is 14.0 Å². The Balaban J connectivity index is 1.63. The van der Waals surface area contributed by atoms with Gasteiger partial charge in [-0.3, -0.25) is 4.79 Å². The molecule has 5 nitrogen and oxygen atoms in total. The van der Waals surface area contributed by atoms with E-state index in [1.54, 1.807) is 0 Å². The zero-order chi connectivity index (χ0) is 16.4. The summed E-state index contributed by atoms with van der Waals surface area (Å²) in [7, 11) is 0. The molecule has 0 saturated heterocycles. The molecular weight excluding hydrogens is 300 g/mol. The van der Waals surface area contributed by atoms with Crippen LogP contribution in [0.25, 0.3) is 16.9 Å². The Morgan fingerprint density at radius 2 is 1.71 bits per heavy atom. The zero-order valence-electron chi connectivity index (χ0n) is 13.0. The summed E-state index contributed by atoms with van der Waals surface area (Å²) in [6.45, 7) is 0.284. The number of hydrogen-bond donors (Lipinski definition) is 1. The molecule has 5 heteroatoms. The van der Waals surface area contributed by atoms with Gasteiger partial charge >= 0.3 is 0 Å². The smallest absolute Gasteiger partial charge is 0.244 e. The zero-order valence-corrected chi connectivity index (χ0v) is 13.0. The minimum Gasteiger partial charge on any atom is -0.345 e. The third-order valence-corrected chi connectivity index (χ3v) is 3.83. The van der Waals surface area contributed by atoms with Gasteiger partial charge in [0.15, 0.2) is 0 Å². The number of nitrogens with zero attached hydrogens (tertiary/aromatic N) is 3. The lowest BCUT2D eigenvalue weighted by atomic mass is 10.1. The maximum Gasteiger partial charge on any atom is 0.244 e. The molecule has 4 aromatic rings. The summed E-state index contributed by atoms with van der Waals surface area (Å²) in [4.78, 5) is 16.9. The Morgan fingerprint density at radius 1 is 0.958 bits per heavy atom. The van der Waals surface area contributed by atoms with Gasteiger partial charge in [-0.15, -0.1) is 0 Å². The number of rotatable bonds is 4. The first kappa shape index (κ1) is 14.3. The predicted molar refractivity (Wildman–Crippen MR) is 93.7 cm³/mol. The van der Waals surface area contributed by atoms with E-state index in [-0.39, 0.29) is 12.5 Å². The molecule has 0 atom stereocenters. The standard InChI is InChI=1S/C19H16N4O/c24-19(14-22-10-5-6-11-22)21-16-8-2-1-7-15(16)17-13-23-12-4-3-9-18(23)20-17/h1-13H,14H2,(H,21,24). The van der Waals surface area contributed by atoms with E-state index in [9.17, 15) is 4.79 Å². The SMILES string of the molecule is O=C(Cn1cccc1)Nc1ccccc1-c1cn2ccccc2n1. The second-order valence-electron chi connectivity index (χ2n) is 5.54. The second-order valence-corrected chi connectivity index (χ2v) is 5.54. The Hall–Kier alpha value is -3.34. The van der Waals surface area contributed by atoms with Crippen LogP contribution in [-0.2, 0) is 11.3 Å². The minimum absolute atomic E-state index is 0.0672. The van der Waals surface area contributed by atoms with Crippen LogP contribution in [0.15, 0.2) is 79.4 Å². The Kier molecular flexibility index (Phi) is 3.59. The van der Waals surface area contributed by atoms with Crippen molar-refractivity contribution in [2.75, 3.05) is 5.32 Å². The number of pyridine rings is 1. The van der Waals surface area contributed by atoms with Gasteiger partial charge in [-0.2, -0.15) is 0 Å². The topological polar surface area (TPSA) is 51.3 Å². The molecule has 0 spiro atoms. The number of aromatic nitrogens is 3. The van der Waals surface area contributed by atoms with Crippen LogP contribution in [0.2, 0.25) is 0 Å². The molecule has 0 aliphatic heterocycles. The van der Waals surface area contributed by atoms with E-state index in [2.05, 4.69) is 10.3 Å². The molecule has 0 aliphatic carbocycles. The van der Waals surface area contributed by atoms with E-state index in [0.29, 0.717) is 0 Å². The number of fused-ring (bicyclic) bond motifs is 1. The molecule has 4 rings (SSSR count). The quantitative estimate of drug-likeness (QED) is 0.627. The van der Waals surface area contributed by atoms with Gasteiger partial charge in [0.25, 0.3) is 0 Å².